The smallest absolute Gasteiger partial charge is 0.274 e. The zero-order chi connectivity index (χ0) is 12.4. The van der Waals surface area contributed by atoms with E-state index in [0.717, 1.165) is 0 Å². The Bertz CT molecular complexity index is 447. The van der Waals surface area contributed by atoms with E-state index >= 15 is 0 Å². The Kier molecular flexibility index (Phi) is 3.25. The highest BCUT2D eigenvalue weighted by molar-refractivity contribution is 7.13. The monoisotopic (exact) mass is 256 g/mol. The van der Waals surface area contributed by atoms with Gasteiger partial charge in [-0.3, -0.25) is 9.59 Å². The van der Waals surface area contributed by atoms with Gasteiger partial charge in [0.1, 0.15) is 11.7 Å². The van der Waals surface area contributed by atoms with Gasteiger partial charge < -0.3 is 21.1 Å². The second kappa shape index (κ2) is 4.68. The third kappa shape index (κ3) is 2.37. The third-order valence-electron chi connectivity index (χ3n) is 2.46. The van der Waals surface area contributed by atoms with Crippen LogP contribution < -0.4 is 11.5 Å². The first-order valence-electron chi connectivity index (χ1n) is 4.98. The average Bonchev–Trinajstić information content (AvgIpc) is 2.75. The summed E-state index contributed by atoms with van der Waals surface area (Å²) in [6.45, 7) is 0.833. The number of hydrogen-bond donors (Lipinski definition) is 2. The maximum Gasteiger partial charge on any atom is 0.274 e. The Morgan fingerprint density at radius 2 is 2.35 bits per heavy atom. The van der Waals surface area contributed by atoms with Gasteiger partial charge in [0.15, 0.2) is 5.13 Å². The molecule has 4 N–H and O–H groups in total. The van der Waals surface area contributed by atoms with Gasteiger partial charge in [-0.2, -0.15) is 0 Å². The molecule has 0 bridgehead atoms. The summed E-state index contributed by atoms with van der Waals surface area (Å²) in [6.07, 6.45) is 0. The fourth-order valence-corrected chi connectivity index (χ4v) is 2.15. The van der Waals surface area contributed by atoms with Crippen LogP contribution in [0.2, 0.25) is 0 Å². The molecule has 2 rings (SSSR count). The van der Waals surface area contributed by atoms with Crippen LogP contribution in [0.3, 0.4) is 0 Å². The van der Waals surface area contributed by atoms with E-state index in [2.05, 4.69) is 4.98 Å². The number of amides is 2. The number of rotatable bonds is 2. The topological polar surface area (TPSA) is 112 Å². The lowest BCUT2D eigenvalue weighted by Gasteiger charge is -2.32. The summed E-state index contributed by atoms with van der Waals surface area (Å²) < 4.78 is 5.13. The lowest BCUT2D eigenvalue weighted by molar-refractivity contribution is -0.127. The Morgan fingerprint density at radius 3 is 2.94 bits per heavy atom. The molecule has 2 amide bonds. The van der Waals surface area contributed by atoms with Crippen molar-refractivity contribution in [3.8, 4) is 0 Å². The molecule has 1 saturated heterocycles. The average molecular weight is 256 g/mol. The largest absolute Gasteiger partial charge is 0.377 e. The number of primary amides is 1. The van der Waals surface area contributed by atoms with Gasteiger partial charge in [0.2, 0.25) is 5.91 Å². The standard InChI is InChI=1S/C9H12N4O3S/c10-7(14)6-3-16-2-1-13(6)8(15)5-4-17-9(11)12-5/h4,6H,1-3H2,(H2,10,14)(H2,11,12). The van der Waals surface area contributed by atoms with Gasteiger partial charge in [-0.15, -0.1) is 11.3 Å². The van der Waals surface area contributed by atoms with Gasteiger partial charge in [-0.1, -0.05) is 0 Å². The molecule has 0 aromatic carbocycles. The number of carbonyl (C=O) groups excluding carboxylic acids is 2. The van der Waals surface area contributed by atoms with Crippen molar-refractivity contribution in [1.82, 2.24) is 9.88 Å². The van der Waals surface area contributed by atoms with Crippen LogP contribution in [0, 0.1) is 0 Å². The van der Waals surface area contributed by atoms with Gasteiger partial charge in [0.25, 0.3) is 5.91 Å². The third-order valence-corrected chi connectivity index (χ3v) is 3.13. The van der Waals surface area contributed by atoms with Gasteiger partial charge in [-0.05, 0) is 0 Å². The van der Waals surface area contributed by atoms with E-state index in [4.69, 9.17) is 16.2 Å². The van der Waals surface area contributed by atoms with Gasteiger partial charge in [0.05, 0.1) is 13.2 Å². The number of ether oxygens (including phenoxy) is 1. The van der Waals surface area contributed by atoms with Crippen molar-refractivity contribution in [1.29, 1.82) is 0 Å². The van der Waals surface area contributed by atoms with Crippen LogP contribution in [0.15, 0.2) is 5.38 Å². The Hall–Kier alpha value is -1.67. The molecular weight excluding hydrogens is 244 g/mol. The Balaban J connectivity index is 2.19. The van der Waals surface area contributed by atoms with Crippen molar-refractivity contribution in [3.63, 3.8) is 0 Å². The first-order valence-corrected chi connectivity index (χ1v) is 5.86. The van der Waals surface area contributed by atoms with E-state index in [1.165, 1.54) is 16.2 Å². The highest BCUT2D eigenvalue weighted by atomic mass is 32.1. The van der Waals surface area contributed by atoms with Crippen molar-refractivity contribution in [2.75, 3.05) is 25.5 Å². The molecule has 1 aromatic heterocycles. The Labute approximate surface area is 101 Å². The fourth-order valence-electron chi connectivity index (χ4n) is 1.62. The minimum Gasteiger partial charge on any atom is -0.377 e. The molecule has 0 radical (unpaired) electrons. The number of nitrogen functional groups attached to an aromatic ring is 1. The maximum atomic E-state index is 12.1. The molecule has 1 unspecified atom stereocenters. The molecule has 2 heterocycles. The Morgan fingerprint density at radius 1 is 1.59 bits per heavy atom. The molecule has 1 aromatic rings. The normalized spacial score (nSPS) is 20.2. The van der Waals surface area contributed by atoms with Crippen LogP contribution in [0.5, 0.6) is 0 Å². The molecule has 0 saturated carbocycles. The number of carbonyl (C=O) groups is 2. The van der Waals surface area contributed by atoms with E-state index < -0.39 is 11.9 Å². The number of hydrogen-bond acceptors (Lipinski definition) is 6. The molecule has 1 aliphatic heterocycles. The zero-order valence-corrected chi connectivity index (χ0v) is 9.77. The van der Waals surface area contributed by atoms with E-state index in [-0.39, 0.29) is 18.2 Å². The van der Waals surface area contributed by atoms with Crippen LogP contribution in [-0.4, -0.2) is 47.5 Å². The van der Waals surface area contributed by atoms with E-state index in [9.17, 15) is 9.59 Å². The summed E-state index contributed by atoms with van der Waals surface area (Å²) in [5.74, 6) is -0.925. The van der Waals surface area contributed by atoms with Gasteiger partial charge >= 0.3 is 0 Å². The highest BCUT2D eigenvalue weighted by Gasteiger charge is 2.32. The lowest BCUT2D eigenvalue weighted by Crippen LogP contribution is -2.54. The number of thiazole rings is 1. The summed E-state index contributed by atoms with van der Waals surface area (Å²) in [4.78, 5) is 28.6. The van der Waals surface area contributed by atoms with Crippen LogP contribution in [0.25, 0.3) is 0 Å². The van der Waals surface area contributed by atoms with Crippen molar-refractivity contribution in [2.24, 2.45) is 5.73 Å². The molecule has 92 valence electrons. The first kappa shape index (κ1) is 11.8. The SMILES string of the molecule is NC(=O)C1COCCN1C(=O)c1csc(N)n1. The van der Waals surface area contributed by atoms with Crippen LogP contribution in [0.1, 0.15) is 10.5 Å². The molecule has 1 aliphatic rings. The molecule has 0 aliphatic carbocycles. The molecule has 7 nitrogen and oxygen atoms in total. The second-order valence-electron chi connectivity index (χ2n) is 3.56. The summed E-state index contributed by atoms with van der Waals surface area (Å²) >= 11 is 1.18. The molecule has 1 fully saturated rings. The summed E-state index contributed by atoms with van der Waals surface area (Å²) in [6, 6.07) is -0.737. The maximum absolute atomic E-state index is 12.1. The highest BCUT2D eigenvalue weighted by Crippen LogP contribution is 2.16. The van der Waals surface area contributed by atoms with Gasteiger partial charge in [0, 0.05) is 11.9 Å². The predicted molar refractivity (Wildman–Crippen MR) is 61.4 cm³/mol. The van der Waals surface area contributed by atoms with Crippen molar-refractivity contribution < 1.29 is 14.3 Å². The lowest BCUT2D eigenvalue weighted by atomic mass is 10.2. The molecule has 1 atom stereocenters. The number of aromatic nitrogens is 1. The van der Waals surface area contributed by atoms with Gasteiger partial charge in [-0.25, -0.2) is 4.98 Å². The first-order chi connectivity index (χ1) is 8.09. The second-order valence-corrected chi connectivity index (χ2v) is 4.45. The van der Waals surface area contributed by atoms with Crippen molar-refractivity contribution >= 4 is 28.3 Å². The van der Waals surface area contributed by atoms with Crippen LogP contribution in [0.4, 0.5) is 5.13 Å². The zero-order valence-electron chi connectivity index (χ0n) is 8.96. The number of morpholine rings is 1. The number of nitrogens with two attached hydrogens (primary N) is 2. The number of nitrogens with zero attached hydrogens (tertiary/aromatic N) is 2. The van der Waals surface area contributed by atoms with Crippen LogP contribution in [-0.2, 0) is 9.53 Å². The molecule has 17 heavy (non-hydrogen) atoms. The van der Waals surface area contributed by atoms with Crippen LogP contribution >= 0.6 is 11.3 Å². The molecular formula is C9H12N4O3S. The summed E-state index contributed by atoms with van der Waals surface area (Å²) in [5, 5.41) is 1.88. The predicted octanol–water partition coefficient (Wildman–Crippen LogP) is -0.948. The summed E-state index contributed by atoms with van der Waals surface area (Å²) in [7, 11) is 0. The van der Waals surface area contributed by atoms with E-state index in [1.54, 1.807) is 5.38 Å². The number of anilines is 1. The van der Waals surface area contributed by atoms with Crippen molar-refractivity contribution in [2.45, 2.75) is 6.04 Å². The summed E-state index contributed by atoms with van der Waals surface area (Å²) in [5.41, 5.74) is 10.9. The molecule has 8 heteroatoms. The molecule has 0 spiro atoms. The fraction of sp³-hybridized carbons (Fsp3) is 0.444. The van der Waals surface area contributed by atoms with E-state index in [0.29, 0.717) is 18.3 Å². The van der Waals surface area contributed by atoms with Crippen molar-refractivity contribution in [3.05, 3.63) is 11.1 Å². The quantitative estimate of drug-likeness (QED) is 0.708. The minimum atomic E-state index is -0.737. The minimum absolute atomic E-state index is 0.126. The van der Waals surface area contributed by atoms with E-state index in [1.807, 2.05) is 0 Å².